The van der Waals surface area contributed by atoms with Crippen LogP contribution >= 0.6 is 0 Å². The van der Waals surface area contributed by atoms with Crippen LogP contribution in [0.1, 0.15) is 46.4 Å². The summed E-state index contributed by atoms with van der Waals surface area (Å²) in [7, 11) is 0. The van der Waals surface area contributed by atoms with Crippen LogP contribution in [0.15, 0.2) is 109 Å². The zero-order chi connectivity index (χ0) is 29.6. The lowest BCUT2D eigenvalue weighted by Crippen LogP contribution is -2.36. The standard InChI is InChI=1S/C38H36BN3O/c1-37(2)25-39(43-38(37,3)4)33-24-31(30-20-19-26-13-11-12-18-29(26)23-30)21-22-32(33)36-41-34(27-14-7-5-8-15-27)40-35(42-36)28-16-9-6-10-17-28/h5,7-9,11-24H,6,10,25H2,1-4H3. The Morgan fingerprint density at radius 2 is 1.35 bits per heavy atom. The number of aromatic nitrogens is 3. The highest BCUT2D eigenvalue weighted by molar-refractivity contribution is 6.70. The summed E-state index contributed by atoms with van der Waals surface area (Å²) in [5, 5.41) is 2.47. The first kappa shape index (κ1) is 27.5. The molecule has 1 aliphatic carbocycles. The van der Waals surface area contributed by atoms with Crippen molar-refractivity contribution in [2.45, 2.75) is 52.5 Å². The van der Waals surface area contributed by atoms with Crippen LogP contribution < -0.4 is 5.46 Å². The molecule has 0 amide bonds. The van der Waals surface area contributed by atoms with Crippen molar-refractivity contribution in [3.8, 4) is 33.9 Å². The third-order valence-corrected chi connectivity index (χ3v) is 9.41. The van der Waals surface area contributed by atoms with E-state index >= 15 is 0 Å². The maximum absolute atomic E-state index is 6.84. The molecular formula is C38H36BN3O. The fourth-order valence-corrected chi connectivity index (χ4v) is 6.14. The van der Waals surface area contributed by atoms with Gasteiger partial charge in [0, 0.05) is 16.7 Å². The van der Waals surface area contributed by atoms with E-state index in [4.69, 9.17) is 19.6 Å². The highest BCUT2D eigenvalue weighted by atomic mass is 16.5. The van der Waals surface area contributed by atoms with Gasteiger partial charge in [0.15, 0.2) is 17.5 Å². The molecule has 5 aromatic rings. The van der Waals surface area contributed by atoms with E-state index in [1.165, 1.54) is 16.3 Å². The Morgan fingerprint density at radius 1 is 0.651 bits per heavy atom. The predicted molar refractivity (Wildman–Crippen MR) is 179 cm³/mol. The van der Waals surface area contributed by atoms with Gasteiger partial charge in [-0.2, -0.15) is 0 Å². The predicted octanol–water partition coefficient (Wildman–Crippen LogP) is 8.79. The summed E-state index contributed by atoms with van der Waals surface area (Å²) in [6, 6.07) is 32.0. The number of hydrogen-bond donors (Lipinski definition) is 0. The normalized spacial score (nSPS) is 17.3. The zero-order valence-corrected chi connectivity index (χ0v) is 25.3. The number of hydrogen-bond acceptors (Lipinski definition) is 4. The molecule has 2 aliphatic rings. The van der Waals surface area contributed by atoms with Crippen LogP contribution in [0.3, 0.4) is 0 Å². The Labute approximate surface area is 254 Å². The summed E-state index contributed by atoms with van der Waals surface area (Å²) in [6.07, 6.45) is 9.49. The van der Waals surface area contributed by atoms with Crippen molar-refractivity contribution in [3.05, 3.63) is 115 Å². The summed E-state index contributed by atoms with van der Waals surface area (Å²) >= 11 is 0. The number of benzene rings is 4. The summed E-state index contributed by atoms with van der Waals surface area (Å²) in [6.45, 7) is 8.92. The SMILES string of the molecule is CC1(C)CB(c2cc(-c3ccc4ccccc4c3)ccc2-c2nc(C3=CCCC=C3)nc(-c3ccccc3)n2)OC1(C)C. The van der Waals surface area contributed by atoms with Gasteiger partial charge in [-0.1, -0.05) is 117 Å². The van der Waals surface area contributed by atoms with E-state index in [1.54, 1.807) is 0 Å². The van der Waals surface area contributed by atoms with Crippen LogP contribution in [0.2, 0.25) is 6.32 Å². The molecule has 0 saturated carbocycles. The number of rotatable bonds is 5. The van der Waals surface area contributed by atoms with Gasteiger partial charge in [-0.05, 0) is 71.9 Å². The number of fused-ring (bicyclic) bond motifs is 1. The highest BCUT2D eigenvalue weighted by Crippen LogP contribution is 2.45. The topological polar surface area (TPSA) is 47.9 Å². The van der Waals surface area contributed by atoms with Gasteiger partial charge in [-0.25, -0.2) is 15.0 Å². The molecule has 0 atom stereocenters. The Balaban J connectivity index is 1.42. The lowest BCUT2D eigenvalue weighted by atomic mass is 9.53. The van der Waals surface area contributed by atoms with Crippen LogP contribution in [0, 0.1) is 5.41 Å². The van der Waals surface area contributed by atoms with Crippen molar-refractivity contribution < 1.29 is 4.65 Å². The van der Waals surface area contributed by atoms with Crippen molar-refractivity contribution >= 4 is 28.7 Å². The molecule has 7 rings (SSSR count). The van der Waals surface area contributed by atoms with Crippen LogP contribution in [-0.4, -0.2) is 27.5 Å². The Kier molecular flexibility index (Phi) is 6.86. The van der Waals surface area contributed by atoms with E-state index in [0.717, 1.165) is 46.9 Å². The molecule has 4 nitrogen and oxygen atoms in total. The maximum Gasteiger partial charge on any atom is 0.328 e. The average Bonchev–Trinajstić information content (AvgIpc) is 3.27. The van der Waals surface area contributed by atoms with Gasteiger partial charge >= 0.3 is 6.92 Å². The fraction of sp³-hybridized carbons (Fsp3) is 0.237. The molecular weight excluding hydrogens is 525 g/mol. The van der Waals surface area contributed by atoms with Gasteiger partial charge in [-0.3, -0.25) is 0 Å². The van der Waals surface area contributed by atoms with E-state index < -0.39 is 0 Å². The molecule has 4 aromatic carbocycles. The quantitative estimate of drug-likeness (QED) is 0.201. The zero-order valence-electron chi connectivity index (χ0n) is 25.3. The first-order valence-corrected chi connectivity index (χ1v) is 15.3. The summed E-state index contributed by atoms with van der Waals surface area (Å²) in [4.78, 5) is 15.1. The Hall–Kier alpha value is -4.35. The van der Waals surface area contributed by atoms with Gasteiger partial charge in [0.1, 0.15) is 0 Å². The molecule has 0 N–H and O–H groups in total. The van der Waals surface area contributed by atoms with Crippen molar-refractivity contribution in [3.63, 3.8) is 0 Å². The van der Waals surface area contributed by atoms with E-state index in [9.17, 15) is 0 Å². The monoisotopic (exact) mass is 561 g/mol. The van der Waals surface area contributed by atoms with Crippen LogP contribution in [0.25, 0.3) is 50.2 Å². The first-order chi connectivity index (χ1) is 20.8. The molecule has 0 bridgehead atoms. The minimum absolute atomic E-state index is 0.00501. The molecule has 212 valence electrons. The molecule has 1 aromatic heterocycles. The summed E-state index contributed by atoms with van der Waals surface area (Å²) < 4.78 is 6.84. The largest absolute Gasteiger partial charge is 0.426 e. The third-order valence-electron chi connectivity index (χ3n) is 9.41. The van der Waals surface area contributed by atoms with Crippen molar-refractivity contribution in [1.29, 1.82) is 0 Å². The molecule has 43 heavy (non-hydrogen) atoms. The van der Waals surface area contributed by atoms with E-state index in [2.05, 4.69) is 119 Å². The molecule has 0 radical (unpaired) electrons. The lowest BCUT2D eigenvalue weighted by Gasteiger charge is -2.34. The second-order valence-electron chi connectivity index (χ2n) is 12.9. The van der Waals surface area contributed by atoms with Gasteiger partial charge in [0.25, 0.3) is 0 Å². The molecule has 0 spiro atoms. The van der Waals surface area contributed by atoms with Crippen LogP contribution in [0.4, 0.5) is 0 Å². The van der Waals surface area contributed by atoms with Gasteiger partial charge in [0.05, 0.1) is 5.60 Å². The summed E-state index contributed by atoms with van der Waals surface area (Å²) in [5.41, 5.74) is 6.20. The summed E-state index contributed by atoms with van der Waals surface area (Å²) in [5.74, 6) is 2.06. The fourth-order valence-electron chi connectivity index (χ4n) is 6.14. The van der Waals surface area contributed by atoms with E-state index in [-0.39, 0.29) is 17.9 Å². The Bertz CT molecular complexity index is 1870. The molecule has 0 unspecified atom stereocenters. The highest BCUT2D eigenvalue weighted by Gasteiger charge is 2.50. The number of allylic oxidation sites excluding steroid dienone is 4. The van der Waals surface area contributed by atoms with Crippen LogP contribution in [-0.2, 0) is 4.65 Å². The smallest absolute Gasteiger partial charge is 0.328 e. The lowest BCUT2D eigenvalue weighted by molar-refractivity contribution is 0.0375. The van der Waals surface area contributed by atoms with Crippen molar-refractivity contribution in [2.24, 2.45) is 5.41 Å². The van der Waals surface area contributed by atoms with E-state index in [1.807, 2.05) is 18.2 Å². The molecule has 5 heteroatoms. The third kappa shape index (κ3) is 5.23. The molecule has 1 saturated heterocycles. The maximum atomic E-state index is 6.84. The van der Waals surface area contributed by atoms with Gasteiger partial charge in [-0.15, -0.1) is 0 Å². The van der Waals surface area contributed by atoms with Crippen molar-refractivity contribution in [2.75, 3.05) is 0 Å². The van der Waals surface area contributed by atoms with E-state index in [0.29, 0.717) is 17.5 Å². The second-order valence-corrected chi connectivity index (χ2v) is 12.9. The van der Waals surface area contributed by atoms with Crippen LogP contribution in [0.5, 0.6) is 0 Å². The average molecular weight is 562 g/mol. The second kappa shape index (κ2) is 10.7. The first-order valence-electron chi connectivity index (χ1n) is 15.3. The van der Waals surface area contributed by atoms with Crippen molar-refractivity contribution in [1.82, 2.24) is 15.0 Å². The van der Waals surface area contributed by atoms with Gasteiger partial charge < -0.3 is 4.65 Å². The number of nitrogens with zero attached hydrogens (tertiary/aromatic N) is 3. The molecule has 1 aliphatic heterocycles. The minimum Gasteiger partial charge on any atom is -0.426 e. The molecule has 2 heterocycles. The minimum atomic E-state index is -0.273. The Morgan fingerprint density at radius 3 is 2.09 bits per heavy atom. The van der Waals surface area contributed by atoms with Gasteiger partial charge in [0.2, 0.25) is 0 Å². The molecule has 1 fully saturated rings.